The van der Waals surface area contributed by atoms with Crippen LogP contribution >= 0.6 is 11.6 Å². The van der Waals surface area contributed by atoms with E-state index in [1.54, 1.807) is 26.0 Å². The molecule has 0 fully saturated rings. The average Bonchev–Trinajstić information content (AvgIpc) is 2.32. The summed E-state index contributed by atoms with van der Waals surface area (Å²) in [5, 5.41) is 3.29. The first-order valence-electron chi connectivity index (χ1n) is 6.64. The van der Waals surface area contributed by atoms with Crippen molar-refractivity contribution in [1.82, 2.24) is 4.31 Å². The molecule has 0 aromatic heterocycles. The van der Waals surface area contributed by atoms with E-state index in [-0.39, 0.29) is 24.9 Å². The van der Waals surface area contributed by atoms with E-state index in [1.165, 1.54) is 4.31 Å². The van der Waals surface area contributed by atoms with Gasteiger partial charge in [0.15, 0.2) is 0 Å². The monoisotopic (exact) mass is 332 g/mol. The molecule has 0 atom stereocenters. The van der Waals surface area contributed by atoms with Crippen molar-refractivity contribution in [2.45, 2.75) is 33.2 Å². The number of nitrogens with zero attached hydrogens (tertiary/aromatic N) is 1. The number of nitrogens with one attached hydrogen (secondary N) is 1. The number of anilines is 1. The number of halogens is 1. The Morgan fingerprint density at radius 1 is 1.38 bits per heavy atom. The fraction of sp³-hybridized carbons (Fsp3) is 0.500. The number of sulfonamides is 1. The van der Waals surface area contributed by atoms with Gasteiger partial charge in [0, 0.05) is 29.7 Å². The summed E-state index contributed by atoms with van der Waals surface area (Å²) in [6.45, 7) is 5.58. The van der Waals surface area contributed by atoms with Crippen molar-refractivity contribution in [3.8, 4) is 0 Å². The molecule has 118 valence electrons. The highest BCUT2D eigenvalue weighted by Crippen LogP contribution is 2.20. The fourth-order valence-corrected chi connectivity index (χ4v) is 3.28. The molecule has 1 amide bonds. The molecule has 0 aliphatic heterocycles. The minimum absolute atomic E-state index is 0.0940. The average molecular weight is 333 g/mol. The quantitative estimate of drug-likeness (QED) is 0.870. The van der Waals surface area contributed by atoms with Crippen molar-refractivity contribution in [2.75, 3.05) is 18.1 Å². The van der Waals surface area contributed by atoms with Gasteiger partial charge in [0.2, 0.25) is 15.9 Å². The Kier molecular flexibility index (Phi) is 6.19. The molecule has 1 aromatic carbocycles. The van der Waals surface area contributed by atoms with E-state index in [4.69, 9.17) is 11.6 Å². The number of hydrogen-bond acceptors (Lipinski definition) is 3. The predicted molar refractivity (Wildman–Crippen MR) is 86.1 cm³/mol. The van der Waals surface area contributed by atoms with E-state index < -0.39 is 10.0 Å². The van der Waals surface area contributed by atoms with Gasteiger partial charge in [-0.25, -0.2) is 8.42 Å². The molecule has 0 aliphatic carbocycles. The summed E-state index contributed by atoms with van der Waals surface area (Å²) < 4.78 is 24.5. The van der Waals surface area contributed by atoms with Crippen LogP contribution in [0, 0.1) is 6.92 Å². The first kappa shape index (κ1) is 17.9. The highest BCUT2D eigenvalue weighted by molar-refractivity contribution is 7.88. The second kappa shape index (κ2) is 7.24. The number of hydrogen-bond donors (Lipinski definition) is 1. The molecule has 1 rings (SSSR count). The molecule has 0 saturated carbocycles. The number of aryl methyl sites for hydroxylation is 1. The number of rotatable bonds is 6. The zero-order valence-corrected chi connectivity index (χ0v) is 14.3. The van der Waals surface area contributed by atoms with Gasteiger partial charge in [-0.05, 0) is 38.5 Å². The Hall–Kier alpha value is -1.11. The van der Waals surface area contributed by atoms with Crippen molar-refractivity contribution < 1.29 is 13.2 Å². The van der Waals surface area contributed by atoms with Crippen LogP contribution in [0.5, 0.6) is 0 Å². The van der Waals surface area contributed by atoms with E-state index >= 15 is 0 Å². The van der Waals surface area contributed by atoms with Crippen molar-refractivity contribution in [1.29, 1.82) is 0 Å². The van der Waals surface area contributed by atoms with Crippen LogP contribution < -0.4 is 5.32 Å². The standard InChI is InChI=1S/C14H21ClN2O3S/c1-10(2)17(21(4,19)20)8-7-14(18)16-12-6-5-11(3)13(15)9-12/h5-6,9-10H,7-8H2,1-4H3,(H,16,18). The van der Waals surface area contributed by atoms with Crippen LogP contribution in [0.4, 0.5) is 5.69 Å². The summed E-state index contributed by atoms with van der Waals surface area (Å²) in [5.74, 6) is -0.246. The highest BCUT2D eigenvalue weighted by atomic mass is 35.5. The molecule has 0 radical (unpaired) electrons. The van der Waals surface area contributed by atoms with Gasteiger partial charge < -0.3 is 5.32 Å². The second-order valence-corrected chi connectivity index (χ2v) is 7.57. The molecule has 7 heteroatoms. The van der Waals surface area contributed by atoms with Gasteiger partial charge in [-0.2, -0.15) is 4.31 Å². The number of carbonyl (C=O) groups excluding carboxylic acids is 1. The van der Waals surface area contributed by atoms with Gasteiger partial charge in [0.05, 0.1) is 6.26 Å². The Bertz CT molecular complexity index is 615. The summed E-state index contributed by atoms with van der Waals surface area (Å²) >= 11 is 5.99. The van der Waals surface area contributed by atoms with Crippen LogP contribution in [0.25, 0.3) is 0 Å². The maximum atomic E-state index is 11.9. The van der Waals surface area contributed by atoms with E-state index in [1.807, 2.05) is 13.0 Å². The smallest absolute Gasteiger partial charge is 0.225 e. The molecule has 5 nitrogen and oxygen atoms in total. The van der Waals surface area contributed by atoms with Gasteiger partial charge in [0.1, 0.15) is 0 Å². The van der Waals surface area contributed by atoms with Crippen LogP contribution in [-0.2, 0) is 14.8 Å². The van der Waals surface area contributed by atoms with E-state index in [0.717, 1.165) is 11.8 Å². The summed E-state index contributed by atoms with van der Waals surface area (Å²) in [6.07, 6.45) is 1.24. The predicted octanol–water partition coefficient (Wildman–Crippen LogP) is 2.65. The first-order valence-corrected chi connectivity index (χ1v) is 8.86. The lowest BCUT2D eigenvalue weighted by Crippen LogP contribution is -2.38. The Morgan fingerprint density at radius 2 is 2.00 bits per heavy atom. The minimum Gasteiger partial charge on any atom is -0.326 e. The zero-order chi connectivity index (χ0) is 16.2. The Morgan fingerprint density at radius 3 is 2.48 bits per heavy atom. The number of benzene rings is 1. The minimum atomic E-state index is -3.31. The lowest BCUT2D eigenvalue weighted by molar-refractivity contribution is -0.116. The van der Waals surface area contributed by atoms with Crippen molar-refractivity contribution in [3.63, 3.8) is 0 Å². The second-order valence-electron chi connectivity index (χ2n) is 5.23. The highest BCUT2D eigenvalue weighted by Gasteiger charge is 2.20. The third-order valence-electron chi connectivity index (χ3n) is 3.02. The molecule has 0 aliphatic rings. The van der Waals surface area contributed by atoms with Crippen LogP contribution in [0.3, 0.4) is 0 Å². The molecule has 0 saturated heterocycles. The molecule has 0 heterocycles. The van der Waals surface area contributed by atoms with Gasteiger partial charge in [0.25, 0.3) is 0 Å². The topological polar surface area (TPSA) is 66.5 Å². The molecule has 1 aromatic rings. The molecular formula is C14H21ClN2O3S. The van der Waals surface area contributed by atoms with Crippen molar-refractivity contribution in [3.05, 3.63) is 28.8 Å². The van der Waals surface area contributed by atoms with Crippen LogP contribution in [0.2, 0.25) is 5.02 Å². The SMILES string of the molecule is Cc1ccc(NC(=O)CCN(C(C)C)S(C)(=O)=O)cc1Cl. The number of amides is 1. The van der Waals surface area contributed by atoms with Crippen LogP contribution in [0.15, 0.2) is 18.2 Å². The molecular weight excluding hydrogens is 312 g/mol. The maximum absolute atomic E-state index is 11.9. The summed E-state index contributed by atoms with van der Waals surface area (Å²) in [5.41, 5.74) is 1.53. The Balaban J connectivity index is 2.63. The zero-order valence-electron chi connectivity index (χ0n) is 12.7. The van der Waals surface area contributed by atoms with Crippen molar-refractivity contribution in [2.24, 2.45) is 0 Å². The first-order chi connectivity index (χ1) is 9.61. The van der Waals surface area contributed by atoms with Crippen molar-refractivity contribution >= 4 is 33.2 Å². The third-order valence-corrected chi connectivity index (χ3v) is 4.88. The molecule has 0 unspecified atom stereocenters. The largest absolute Gasteiger partial charge is 0.326 e. The van der Waals surface area contributed by atoms with Gasteiger partial charge in [-0.1, -0.05) is 17.7 Å². The third kappa shape index (κ3) is 5.65. The Labute approximate surface area is 131 Å². The summed E-state index contributed by atoms with van der Waals surface area (Å²) in [6, 6.07) is 5.07. The fourth-order valence-electron chi connectivity index (χ4n) is 1.91. The van der Waals surface area contributed by atoms with E-state index in [9.17, 15) is 13.2 Å². The van der Waals surface area contributed by atoms with Crippen LogP contribution in [0.1, 0.15) is 25.8 Å². The van der Waals surface area contributed by atoms with Gasteiger partial charge in [-0.15, -0.1) is 0 Å². The van der Waals surface area contributed by atoms with Gasteiger partial charge in [-0.3, -0.25) is 4.79 Å². The summed E-state index contributed by atoms with van der Waals surface area (Å²) in [7, 11) is -3.31. The van der Waals surface area contributed by atoms with Gasteiger partial charge >= 0.3 is 0 Å². The molecule has 21 heavy (non-hydrogen) atoms. The lowest BCUT2D eigenvalue weighted by atomic mass is 10.2. The maximum Gasteiger partial charge on any atom is 0.225 e. The van der Waals surface area contributed by atoms with E-state index in [0.29, 0.717) is 10.7 Å². The normalized spacial score (nSPS) is 12.0. The molecule has 0 spiro atoms. The van der Waals surface area contributed by atoms with Crippen LogP contribution in [-0.4, -0.2) is 37.5 Å². The number of carbonyl (C=O) groups is 1. The molecule has 0 bridgehead atoms. The van der Waals surface area contributed by atoms with E-state index in [2.05, 4.69) is 5.32 Å². The summed E-state index contributed by atoms with van der Waals surface area (Å²) in [4.78, 5) is 11.9. The lowest BCUT2D eigenvalue weighted by Gasteiger charge is -2.23. The molecule has 1 N–H and O–H groups in total.